The van der Waals surface area contributed by atoms with E-state index in [0.29, 0.717) is 24.8 Å². The van der Waals surface area contributed by atoms with E-state index in [4.69, 9.17) is 4.74 Å². The number of hydrogen-bond donors (Lipinski definition) is 3. The first-order chi connectivity index (χ1) is 15.7. The number of hydrogen-bond acceptors (Lipinski definition) is 6. The minimum absolute atomic E-state index is 0.136. The van der Waals surface area contributed by atoms with Gasteiger partial charge in [-0.1, -0.05) is 0 Å². The van der Waals surface area contributed by atoms with Crippen LogP contribution in [0.25, 0.3) is 10.9 Å². The fraction of sp³-hybridized carbons (Fsp3) is 0.458. The molecule has 170 valence electrons. The van der Waals surface area contributed by atoms with E-state index in [1.165, 1.54) is 5.56 Å². The van der Waals surface area contributed by atoms with E-state index in [1.807, 2.05) is 37.4 Å². The van der Waals surface area contributed by atoms with Gasteiger partial charge >= 0.3 is 0 Å². The minimum atomic E-state index is 0.136. The molecule has 4 rings (SSSR count). The number of anilines is 2. The van der Waals surface area contributed by atoms with Gasteiger partial charge in [-0.2, -0.15) is 4.98 Å². The SMILES string of the molecule is CCNc1nccc(N2CCC(CC(=O)NCCc3c[nH]c4ccc(OC)cc34)CC2)n1. The number of ether oxygens (including phenoxy) is 1. The van der Waals surface area contributed by atoms with Gasteiger partial charge in [0.1, 0.15) is 11.6 Å². The maximum atomic E-state index is 12.5. The molecule has 1 aromatic carbocycles. The maximum Gasteiger partial charge on any atom is 0.224 e. The van der Waals surface area contributed by atoms with Gasteiger partial charge in [0.2, 0.25) is 11.9 Å². The van der Waals surface area contributed by atoms with E-state index >= 15 is 0 Å². The van der Waals surface area contributed by atoms with Crippen LogP contribution in [0.2, 0.25) is 0 Å². The summed E-state index contributed by atoms with van der Waals surface area (Å²) in [4.78, 5) is 26.9. The quantitative estimate of drug-likeness (QED) is 0.476. The van der Waals surface area contributed by atoms with Gasteiger partial charge in [-0.15, -0.1) is 0 Å². The number of rotatable bonds is 9. The van der Waals surface area contributed by atoms with Crippen molar-refractivity contribution in [3.05, 3.63) is 42.2 Å². The molecule has 2 aromatic heterocycles. The van der Waals surface area contributed by atoms with Crippen molar-refractivity contribution in [2.24, 2.45) is 5.92 Å². The molecule has 1 amide bonds. The summed E-state index contributed by atoms with van der Waals surface area (Å²) in [5.74, 6) is 3.01. The Kier molecular flexibility index (Phi) is 7.09. The largest absolute Gasteiger partial charge is 0.497 e. The van der Waals surface area contributed by atoms with Crippen molar-refractivity contribution < 1.29 is 9.53 Å². The van der Waals surface area contributed by atoms with Gasteiger partial charge in [0, 0.05) is 55.9 Å². The van der Waals surface area contributed by atoms with Gasteiger partial charge in [0.25, 0.3) is 0 Å². The summed E-state index contributed by atoms with van der Waals surface area (Å²) in [6.45, 7) is 5.30. The highest BCUT2D eigenvalue weighted by molar-refractivity contribution is 5.84. The average Bonchev–Trinajstić information content (AvgIpc) is 3.22. The Bertz CT molecular complexity index is 1040. The van der Waals surface area contributed by atoms with E-state index in [1.54, 1.807) is 13.3 Å². The first-order valence-electron chi connectivity index (χ1n) is 11.4. The van der Waals surface area contributed by atoms with Gasteiger partial charge in [-0.3, -0.25) is 4.79 Å². The number of amides is 1. The summed E-state index contributed by atoms with van der Waals surface area (Å²) < 4.78 is 5.33. The smallest absolute Gasteiger partial charge is 0.224 e. The Labute approximate surface area is 188 Å². The number of carbonyl (C=O) groups is 1. The van der Waals surface area contributed by atoms with Crippen LogP contribution in [-0.2, 0) is 11.2 Å². The molecule has 8 heteroatoms. The van der Waals surface area contributed by atoms with Crippen molar-refractivity contribution in [1.29, 1.82) is 0 Å². The van der Waals surface area contributed by atoms with Gasteiger partial charge < -0.3 is 25.3 Å². The number of aromatic nitrogens is 3. The molecule has 0 saturated carbocycles. The summed E-state index contributed by atoms with van der Waals surface area (Å²) in [5.41, 5.74) is 2.27. The van der Waals surface area contributed by atoms with Gasteiger partial charge in [0.15, 0.2) is 0 Å². The van der Waals surface area contributed by atoms with Crippen LogP contribution in [0, 0.1) is 5.92 Å². The van der Waals surface area contributed by atoms with Gasteiger partial charge in [-0.25, -0.2) is 4.98 Å². The van der Waals surface area contributed by atoms with Crippen LogP contribution in [0.1, 0.15) is 31.7 Å². The lowest BCUT2D eigenvalue weighted by atomic mass is 9.93. The molecule has 1 saturated heterocycles. The number of methoxy groups -OCH3 is 1. The highest BCUT2D eigenvalue weighted by Gasteiger charge is 2.22. The molecule has 1 aliphatic rings. The normalized spacial score (nSPS) is 14.5. The zero-order valence-electron chi connectivity index (χ0n) is 18.9. The van der Waals surface area contributed by atoms with Crippen LogP contribution in [0.5, 0.6) is 5.75 Å². The number of aromatic amines is 1. The topological polar surface area (TPSA) is 95.2 Å². The standard InChI is InChI=1S/C24H32N6O2/c1-3-25-24-27-11-7-22(29-24)30-12-8-17(9-13-30)14-23(31)26-10-6-18-16-28-21-5-4-19(32-2)15-20(18)21/h4-5,7,11,15-17,28H,3,6,8-10,12-14H2,1-2H3,(H,26,31)(H,25,27,29). The summed E-state index contributed by atoms with van der Waals surface area (Å²) in [6, 6.07) is 7.95. The monoisotopic (exact) mass is 436 g/mol. The lowest BCUT2D eigenvalue weighted by Gasteiger charge is -2.32. The lowest BCUT2D eigenvalue weighted by Crippen LogP contribution is -2.36. The Hall–Kier alpha value is -3.29. The molecular weight excluding hydrogens is 404 g/mol. The molecule has 8 nitrogen and oxygen atoms in total. The average molecular weight is 437 g/mol. The molecule has 0 unspecified atom stereocenters. The number of benzene rings is 1. The fourth-order valence-corrected chi connectivity index (χ4v) is 4.30. The molecule has 0 bridgehead atoms. The second-order valence-electron chi connectivity index (χ2n) is 8.23. The Morgan fingerprint density at radius 2 is 2.12 bits per heavy atom. The van der Waals surface area contributed by atoms with E-state index in [0.717, 1.165) is 61.4 Å². The highest BCUT2D eigenvalue weighted by atomic mass is 16.5. The third-order valence-corrected chi connectivity index (χ3v) is 6.08. The van der Waals surface area contributed by atoms with E-state index in [2.05, 4.69) is 30.5 Å². The Morgan fingerprint density at radius 1 is 1.28 bits per heavy atom. The van der Waals surface area contributed by atoms with Crippen LogP contribution in [0.15, 0.2) is 36.7 Å². The molecule has 3 N–H and O–H groups in total. The highest BCUT2D eigenvalue weighted by Crippen LogP contribution is 2.25. The van der Waals surface area contributed by atoms with Crippen LogP contribution in [0.4, 0.5) is 11.8 Å². The summed E-state index contributed by atoms with van der Waals surface area (Å²) in [7, 11) is 1.67. The third kappa shape index (κ3) is 5.30. The first kappa shape index (κ1) is 21.9. The predicted octanol–water partition coefficient (Wildman–Crippen LogP) is 3.36. The number of H-pyrrole nitrogens is 1. The lowest BCUT2D eigenvalue weighted by molar-refractivity contribution is -0.122. The zero-order valence-corrected chi connectivity index (χ0v) is 18.9. The molecule has 32 heavy (non-hydrogen) atoms. The minimum Gasteiger partial charge on any atom is -0.497 e. The summed E-state index contributed by atoms with van der Waals surface area (Å²) >= 11 is 0. The third-order valence-electron chi connectivity index (χ3n) is 6.08. The van der Waals surface area contributed by atoms with Crippen molar-refractivity contribution in [2.75, 3.05) is 43.5 Å². The molecule has 0 spiro atoms. The van der Waals surface area contributed by atoms with Crippen molar-refractivity contribution in [3.8, 4) is 5.75 Å². The van der Waals surface area contributed by atoms with Crippen LogP contribution >= 0.6 is 0 Å². The van der Waals surface area contributed by atoms with E-state index in [-0.39, 0.29) is 5.91 Å². The summed E-state index contributed by atoms with van der Waals surface area (Å²) in [5, 5.41) is 7.40. The van der Waals surface area contributed by atoms with Crippen LogP contribution in [0.3, 0.4) is 0 Å². The van der Waals surface area contributed by atoms with Crippen LogP contribution < -0.4 is 20.3 Å². The van der Waals surface area contributed by atoms with Crippen molar-refractivity contribution in [2.45, 2.75) is 32.6 Å². The summed E-state index contributed by atoms with van der Waals surface area (Å²) in [6.07, 6.45) is 7.18. The van der Waals surface area contributed by atoms with Gasteiger partial charge in [-0.05, 0) is 61.9 Å². The first-order valence-corrected chi connectivity index (χ1v) is 11.4. The van der Waals surface area contributed by atoms with E-state index < -0.39 is 0 Å². The number of nitrogens with one attached hydrogen (secondary N) is 3. The molecular formula is C24H32N6O2. The zero-order chi connectivity index (χ0) is 22.3. The Morgan fingerprint density at radius 3 is 2.91 bits per heavy atom. The number of piperidine rings is 1. The van der Waals surface area contributed by atoms with Crippen molar-refractivity contribution in [3.63, 3.8) is 0 Å². The second kappa shape index (κ2) is 10.3. The molecule has 1 aliphatic heterocycles. The molecule has 0 atom stereocenters. The second-order valence-corrected chi connectivity index (χ2v) is 8.23. The molecule has 1 fully saturated rings. The fourth-order valence-electron chi connectivity index (χ4n) is 4.30. The Balaban J connectivity index is 1.21. The molecule has 3 aromatic rings. The number of fused-ring (bicyclic) bond motifs is 1. The van der Waals surface area contributed by atoms with E-state index in [9.17, 15) is 4.79 Å². The van der Waals surface area contributed by atoms with Crippen molar-refractivity contribution >= 4 is 28.6 Å². The molecule has 0 aliphatic carbocycles. The van der Waals surface area contributed by atoms with Crippen molar-refractivity contribution in [1.82, 2.24) is 20.3 Å². The number of carbonyl (C=O) groups excluding carboxylic acids is 1. The van der Waals surface area contributed by atoms with Crippen LogP contribution in [-0.4, -0.2) is 54.1 Å². The maximum absolute atomic E-state index is 12.5. The number of nitrogens with zero attached hydrogens (tertiary/aromatic N) is 3. The predicted molar refractivity (Wildman–Crippen MR) is 127 cm³/mol. The molecule has 3 heterocycles. The van der Waals surface area contributed by atoms with Gasteiger partial charge in [0.05, 0.1) is 7.11 Å². The molecule has 0 radical (unpaired) electrons.